The quantitative estimate of drug-likeness (QED) is 0.847. The summed E-state index contributed by atoms with van der Waals surface area (Å²) in [5.41, 5.74) is 5.86. The fourth-order valence-corrected chi connectivity index (χ4v) is 2.79. The van der Waals surface area contributed by atoms with Crippen molar-refractivity contribution in [3.05, 3.63) is 29.0 Å². The summed E-state index contributed by atoms with van der Waals surface area (Å²) in [4.78, 5) is 11.6. The zero-order chi connectivity index (χ0) is 13.8. The second-order valence-electron chi connectivity index (χ2n) is 3.37. The Morgan fingerprint density at radius 3 is 2.95 bits per heavy atom. The van der Waals surface area contributed by atoms with Crippen LogP contribution in [-0.2, 0) is 4.79 Å². The van der Waals surface area contributed by atoms with Gasteiger partial charge in [0.1, 0.15) is 5.82 Å². The molecule has 0 unspecified atom stereocenters. The fourth-order valence-electron chi connectivity index (χ4n) is 1.18. The number of halogens is 2. The number of amides is 1. The third-order valence-corrected chi connectivity index (χ3v) is 4.13. The molecule has 1 amide bonds. The zero-order valence-electron chi connectivity index (χ0n) is 9.39. The molecule has 0 aliphatic heterocycles. The van der Waals surface area contributed by atoms with Crippen molar-refractivity contribution in [1.82, 2.24) is 10.2 Å². The summed E-state index contributed by atoms with van der Waals surface area (Å²) in [6, 6.07) is 3.98. The number of carbonyl (C=O) groups excluding carboxylic acids is 1. The number of benzene rings is 1. The van der Waals surface area contributed by atoms with E-state index in [1.165, 1.54) is 41.3 Å². The van der Waals surface area contributed by atoms with Gasteiger partial charge in [0.05, 0.1) is 10.8 Å². The summed E-state index contributed by atoms with van der Waals surface area (Å²) in [5, 5.41) is 10.3. The number of hydrogen-bond acceptors (Lipinski definition) is 6. The summed E-state index contributed by atoms with van der Waals surface area (Å²) >= 11 is 8.04. The minimum Gasteiger partial charge on any atom is -0.374 e. The van der Waals surface area contributed by atoms with Gasteiger partial charge in [-0.25, -0.2) is 4.39 Å². The van der Waals surface area contributed by atoms with Gasteiger partial charge in [-0.15, -0.1) is 10.2 Å². The van der Waals surface area contributed by atoms with Gasteiger partial charge in [-0.1, -0.05) is 34.7 Å². The smallest absolute Gasteiger partial charge is 0.234 e. The monoisotopic (exact) mass is 318 g/mol. The summed E-state index contributed by atoms with van der Waals surface area (Å²) in [5.74, 6) is -0.622. The van der Waals surface area contributed by atoms with Crippen molar-refractivity contribution in [3.63, 3.8) is 0 Å². The Balaban J connectivity index is 1.88. The van der Waals surface area contributed by atoms with Crippen molar-refractivity contribution in [2.75, 3.05) is 16.8 Å². The Kier molecular flexibility index (Phi) is 4.56. The molecule has 1 aromatic heterocycles. The molecule has 1 aromatic carbocycles. The van der Waals surface area contributed by atoms with Crippen LogP contribution >= 0.6 is 34.7 Å². The number of nitrogens with one attached hydrogen (secondary N) is 1. The minimum atomic E-state index is -0.529. The normalized spacial score (nSPS) is 10.4. The van der Waals surface area contributed by atoms with Crippen molar-refractivity contribution < 1.29 is 9.18 Å². The van der Waals surface area contributed by atoms with Crippen LogP contribution in [0.5, 0.6) is 0 Å². The first kappa shape index (κ1) is 14.0. The number of rotatable bonds is 4. The molecule has 3 N–H and O–H groups in total. The van der Waals surface area contributed by atoms with Crippen molar-refractivity contribution in [2.24, 2.45) is 0 Å². The van der Waals surface area contributed by atoms with Crippen molar-refractivity contribution in [3.8, 4) is 0 Å². The molecule has 1 heterocycles. The molecule has 0 fully saturated rings. The van der Waals surface area contributed by atoms with Gasteiger partial charge in [0.2, 0.25) is 11.0 Å². The number of hydrogen-bond donors (Lipinski definition) is 2. The topological polar surface area (TPSA) is 80.9 Å². The lowest BCUT2D eigenvalue weighted by Gasteiger charge is -2.04. The van der Waals surface area contributed by atoms with Gasteiger partial charge in [0.25, 0.3) is 0 Å². The van der Waals surface area contributed by atoms with E-state index in [-0.39, 0.29) is 16.7 Å². The molecule has 0 spiro atoms. The van der Waals surface area contributed by atoms with Crippen LogP contribution in [-0.4, -0.2) is 21.9 Å². The van der Waals surface area contributed by atoms with Gasteiger partial charge in [-0.3, -0.25) is 4.79 Å². The van der Waals surface area contributed by atoms with E-state index >= 15 is 0 Å². The molecule has 5 nitrogen and oxygen atoms in total. The van der Waals surface area contributed by atoms with Gasteiger partial charge in [-0.2, -0.15) is 0 Å². The first-order chi connectivity index (χ1) is 9.04. The lowest BCUT2D eigenvalue weighted by atomic mass is 10.3. The first-order valence-electron chi connectivity index (χ1n) is 5.01. The van der Waals surface area contributed by atoms with E-state index in [0.717, 1.165) is 0 Å². The van der Waals surface area contributed by atoms with E-state index in [1.54, 1.807) is 0 Å². The molecule has 0 aliphatic rings. The highest BCUT2D eigenvalue weighted by Crippen LogP contribution is 2.24. The van der Waals surface area contributed by atoms with Gasteiger partial charge < -0.3 is 11.1 Å². The average molecular weight is 319 g/mol. The molecule has 19 heavy (non-hydrogen) atoms. The van der Waals surface area contributed by atoms with Crippen molar-refractivity contribution in [2.45, 2.75) is 4.34 Å². The molecule has 2 aromatic rings. The van der Waals surface area contributed by atoms with Gasteiger partial charge >= 0.3 is 0 Å². The number of nitrogen functional groups attached to an aromatic ring is 1. The van der Waals surface area contributed by atoms with Crippen LogP contribution in [0.1, 0.15) is 0 Å². The highest BCUT2D eigenvalue weighted by molar-refractivity contribution is 8.01. The SMILES string of the molecule is Nc1nnc(SCC(=O)Nc2ccc(F)c(Cl)c2)s1. The summed E-state index contributed by atoms with van der Waals surface area (Å²) < 4.78 is 13.5. The molecule has 9 heteroatoms. The molecule has 0 bridgehead atoms. The number of nitrogens with zero attached hydrogens (tertiary/aromatic N) is 2. The first-order valence-corrected chi connectivity index (χ1v) is 7.19. The lowest BCUT2D eigenvalue weighted by Crippen LogP contribution is -2.13. The van der Waals surface area contributed by atoms with E-state index < -0.39 is 5.82 Å². The molecule has 0 radical (unpaired) electrons. The number of anilines is 2. The second-order valence-corrected chi connectivity index (χ2v) is 6.01. The Morgan fingerprint density at radius 2 is 2.32 bits per heavy atom. The predicted molar refractivity (Wildman–Crippen MR) is 75.1 cm³/mol. The third-order valence-electron chi connectivity index (χ3n) is 1.95. The predicted octanol–water partition coefficient (Wildman–Crippen LogP) is 2.64. The number of nitrogens with two attached hydrogens (primary N) is 1. The van der Waals surface area contributed by atoms with Crippen LogP contribution in [0.3, 0.4) is 0 Å². The van der Waals surface area contributed by atoms with E-state index in [4.69, 9.17) is 17.3 Å². The molecule has 0 saturated carbocycles. The van der Waals surface area contributed by atoms with Crippen LogP contribution in [0.25, 0.3) is 0 Å². The summed E-state index contributed by atoms with van der Waals surface area (Å²) in [7, 11) is 0. The molecule has 2 rings (SSSR count). The zero-order valence-corrected chi connectivity index (χ0v) is 11.8. The van der Waals surface area contributed by atoms with Gasteiger partial charge in [0, 0.05) is 5.69 Å². The van der Waals surface area contributed by atoms with E-state index in [0.29, 0.717) is 15.2 Å². The fraction of sp³-hybridized carbons (Fsp3) is 0.100. The molecule has 0 saturated heterocycles. The maximum Gasteiger partial charge on any atom is 0.234 e. The van der Waals surface area contributed by atoms with Crippen LogP contribution in [0.4, 0.5) is 15.2 Å². The summed E-state index contributed by atoms with van der Waals surface area (Å²) in [6.45, 7) is 0. The van der Waals surface area contributed by atoms with Crippen molar-refractivity contribution >= 4 is 51.4 Å². The Bertz CT molecular complexity index is 607. The maximum absolute atomic E-state index is 12.9. The molecule has 100 valence electrons. The van der Waals surface area contributed by atoms with Crippen LogP contribution < -0.4 is 11.1 Å². The Labute approximate surface area is 121 Å². The van der Waals surface area contributed by atoms with Crippen LogP contribution in [0.15, 0.2) is 22.5 Å². The van der Waals surface area contributed by atoms with Crippen LogP contribution in [0, 0.1) is 5.82 Å². The standard InChI is InChI=1S/C10H8ClFN4OS2/c11-6-3-5(1-2-7(6)12)14-8(17)4-18-10-16-15-9(13)19-10/h1-3H,4H2,(H2,13,15)(H,14,17). The second kappa shape index (κ2) is 6.18. The van der Waals surface area contributed by atoms with E-state index in [2.05, 4.69) is 15.5 Å². The maximum atomic E-state index is 12.9. The van der Waals surface area contributed by atoms with E-state index in [1.807, 2.05) is 0 Å². The average Bonchev–Trinajstić information content (AvgIpc) is 2.77. The van der Waals surface area contributed by atoms with Crippen molar-refractivity contribution in [1.29, 1.82) is 0 Å². The Hall–Kier alpha value is -1.38. The molecular formula is C10H8ClFN4OS2. The van der Waals surface area contributed by atoms with Gasteiger partial charge in [-0.05, 0) is 18.2 Å². The van der Waals surface area contributed by atoms with E-state index in [9.17, 15) is 9.18 Å². The summed E-state index contributed by atoms with van der Waals surface area (Å²) in [6.07, 6.45) is 0. The van der Waals surface area contributed by atoms with Gasteiger partial charge in [0.15, 0.2) is 4.34 Å². The van der Waals surface area contributed by atoms with Crippen LogP contribution in [0.2, 0.25) is 5.02 Å². The molecule has 0 atom stereocenters. The minimum absolute atomic E-state index is 0.0395. The number of aromatic nitrogens is 2. The highest BCUT2D eigenvalue weighted by atomic mass is 35.5. The molecular weight excluding hydrogens is 311 g/mol. The number of thioether (sulfide) groups is 1. The lowest BCUT2D eigenvalue weighted by molar-refractivity contribution is -0.113. The highest BCUT2D eigenvalue weighted by Gasteiger charge is 2.08. The third kappa shape index (κ3) is 4.05. The Morgan fingerprint density at radius 1 is 1.53 bits per heavy atom. The largest absolute Gasteiger partial charge is 0.374 e. The number of carbonyl (C=O) groups is 1. The molecule has 0 aliphatic carbocycles.